The molecule has 1 aliphatic heterocycles. The van der Waals surface area contributed by atoms with Crippen molar-refractivity contribution in [3.05, 3.63) is 24.5 Å². The third-order valence-electron chi connectivity index (χ3n) is 3.69. The molecule has 2 aromatic heterocycles. The molecule has 1 saturated heterocycles. The van der Waals surface area contributed by atoms with Crippen LogP contribution in [0.2, 0.25) is 0 Å². The predicted molar refractivity (Wildman–Crippen MR) is 78.9 cm³/mol. The zero-order valence-corrected chi connectivity index (χ0v) is 12.9. The number of aliphatic carboxylic acids is 1. The number of ether oxygens (including phenoxy) is 1. The highest BCUT2D eigenvalue weighted by Gasteiger charge is 2.26. The van der Waals surface area contributed by atoms with Gasteiger partial charge in [0.25, 0.3) is 0 Å². The highest BCUT2D eigenvalue weighted by atomic mass is 16.5. The molecule has 1 atom stereocenters. The molecule has 3 rings (SSSR count). The minimum absolute atomic E-state index is 0.0863. The normalized spacial score (nSPS) is 17.8. The first-order chi connectivity index (χ1) is 11.6. The summed E-state index contributed by atoms with van der Waals surface area (Å²) in [7, 11) is 0. The zero-order chi connectivity index (χ0) is 16.9. The summed E-state index contributed by atoms with van der Waals surface area (Å²) >= 11 is 0. The fraction of sp³-hybridized carbons (Fsp3) is 0.467. The molecule has 1 amide bonds. The minimum Gasteiger partial charge on any atom is -0.481 e. The molecular formula is C15H17N3O6. The second-order valence-corrected chi connectivity index (χ2v) is 5.45. The van der Waals surface area contributed by atoms with E-state index in [0.29, 0.717) is 36.9 Å². The van der Waals surface area contributed by atoms with Gasteiger partial charge in [0.15, 0.2) is 0 Å². The van der Waals surface area contributed by atoms with Gasteiger partial charge >= 0.3 is 5.97 Å². The monoisotopic (exact) mass is 335 g/mol. The number of amides is 1. The van der Waals surface area contributed by atoms with E-state index in [0.717, 1.165) is 0 Å². The summed E-state index contributed by atoms with van der Waals surface area (Å²) in [5, 5.41) is 12.6. The van der Waals surface area contributed by atoms with Gasteiger partial charge in [0.05, 0.1) is 31.0 Å². The van der Waals surface area contributed by atoms with Crippen LogP contribution in [0.4, 0.5) is 0 Å². The van der Waals surface area contributed by atoms with E-state index in [1.54, 1.807) is 11.0 Å². The minimum atomic E-state index is -0.938. The van der Waals surface area contributed by atoms with Gasteiger partial charge in [-0.1, -0.05) is 5.16 Å². The van der Waals surface area contributed by atoms with Gasteiger partial charge in [-0.3, -0.25) is 9.59 Å². The molecule has 1 fully saturated rings. The largest absolute Gasteiger partial charge is 0.481 e. The fourth-order valence-corrected chi connectivity index (χ4v) is 2.50. The number of hydrogen-bond acceptors (Lipinski definition) is 7. The lowest BCUT2D eigenvalue weighted by Gasteiger charge is -2.32. The lowest BCUT2D eigenvalue weighted by atomic mass is 10.2. The van der Waals surface area contributed by atoms with E-state index >= 15 is 0 Å². The zero-order valence-electron chi connectivity index (χ0n) is 12.9. The summed E-state index contributed by atoms with van der Waals surface area (Å²) in [5.41, 5.74) is 0.709. The van der Waals surface area contributed by atoms with Crippen molar-refractivity contribution >= 4 is 11.9 Å². The van der Waals surface area contributed by atoms with Gasteiger partial charge in [0, 0.05) is 25.9 Å². The van der Waals surface area contributed by atoms with E-state index in [2.05, 4.69) is 10.1 Å². The highest BCUT2D eigenvalue weighted by molar-refractivity contribution is 5.76. The molecular weight excluding hydrogens is 318 g/mol. The van der Waals surface area contributed by atoms with Gasteiger partial charge in [0.2, 0.25) is 17.6 Å². The van der Waals surface area contributed by atoms with E-state index < -0.39 is 12.1 Å². The van der Waals surface area contributed by atoms with Crippen LogP contribution in [0.15, 0.2) is 27.5 Å². The van der Waals surface area contributed by atoms with Crippen molar-refractivity contribution in [3.63, 3.8) is 0 Å². The number of aromatic nitrogens is 2. The molecule has 1 N–H and O–H groups in total. The Morgan fingerprint density at radius 1 is 1.42 bits per heavy atom. The van der Waals surface area contributed by atoms with Crippen molar-refractivity contribution in [1.82, 2.24) is 15.0 Å². The molecule has 24 heavy (non-hydrogen) atoms. The van der Waals surface area contributed by atoms with E-state index in [4.69, 9.17) is 18.8 Å². The summed E-state index contributed by atoms with van der Waals surface area (Å²) in [6.45, 7) is 1.09. The third-order valence-corrected chi connectivity index (χ3v) is 3.69. The Balaban J connectivity index is 1.51. The Morgan fingerprint density at radius 3 is 3.04 bits per heavy atom. The van der Waals surface area contributed by atoms with E-state index in [-0.39, 0.29) is 25.3 Å². The molecule has 0 radical (unpaired) electrons. The lowest BCUT2D eigenvalue weighted by molar-refractivity contribution is -0.147. The Kier molecular flexibility index (Phi) is 4.90. The molecule has 2 aromatic rings. The quantitative estimate of drug-likeness (QED) is 0.829. The molecule has 0 aromatic carbocycles. The number of carboxylic acids is 1. The van der Waals surface area contributed by atoms with Crippen LogP contribution in [-0.2, 0) is 20.7 Å². The molecule has 9 heteroatoms. The third kappa shape index (κ3) is 3.99. The average molecular weight is 335 g/mol. The molecule has 3 heterocycles. The van der Waals surface area contributed by atoms with Crippen LogP contribution in [0.3, 0.4) is 0 Å². The molecule has 9 nitrogen and oxygen atoms in total. The topological polar surface area (TPSA) is 119 Å². The van der Waals surface area contributed by atoms with E-state index in [1.165, 1.54) is 12.5 Å². The number of hydrogen-bond donors (Lipinski definition) is 1. The SMILES string of the molecule is O=C(O)CC1CN(C(=O)CCc2nc(-c3ccoc3)no2)CCO1. The Bertz CT molecular complexity index is 696. The number of furan rings is 1. The number of morpholine rings is 1. The number of rotatable bonds is 6. The summed E-state index contributed by atoms with van der Waals surface area (Å²) in [6.07, 6.45) is 2.99. The van der Waals surface area contributed by atoms with E-state index in [1.807, 2.05) is 0 Å². The fourth-order valence-electron chi connectivity index (χ4n) is 2.50. The van der Waals surface area contributed by atoms with Crippen LogP contribution >= 0.6 is 0 Å². The molecule has 0 aliphatic carbocycles. The number of nitrogens with zero attached hydrogens (tertiary/aromatic N) is 3. The van der Waals surface area contributed by atoms with Crippen LogP contribution in [0.1, 0.15) is 18.7 Å². The van der Waals surface area contributed by atoms with Gasteiger partial charge in [-0.25, -0.2) is 0 Å². The number of aryl methyl sites for hydroxylation is 1. The van der Waals surface area contributed by atoms with Gasteiger partial charge in [-0.2, -0.15) is 4.98 Å². The van der Waals surface area contributed by atoms with Crippen LogP contribution in [-0.4, -0.2) is 57.8 Å². The van der Waals surface area contributed by atoms with Crippen molar-refractivity contribution in [2.24, 2.45) is 0 Å². The molecule has 1 unspecified atom stereocenters. The molecule has 128 valence electrons. The predicted octanol–water partition coefficient (Wildman–Crippen LogP) is 0.964. The van der Waals surface area contributed by atoms with Crippen molar-refractivity contribution in [1.29, 1.82) is 0 Å². The maximum Gasteiger partial charge on any atom is 0.306 e. The van der Waals surface area contributed by atoms with Crippen molar-refractivity contribution in [2.45, 2.75) is 25.4 Å². The van der Waals surface area contributed by atoms with Crippen LogP contribution in [0, 0.1) is 0 Å². The van der Waals surface area contributed by atoms with E-state index in [9.17, 15) is 9.59 Å². The molecule has 0 saturated carbocycles. The maximum atomic E-state index is 12.3. The van der Waals surface area contributed by atoms with Crippen molar-refractivity contribution < 1.29 is 28.4 Å². The van der Waals surface area contributed by atoms with Crippen LogP contribution < -0.4 is 0 Å². The second kappa shape index (κ2) is 7.26. The molecule has 0 spiro atoms. The number of carboxylic acid groups (broad SMARTS) is 1. The van der Waals surface area contributed by atoms with Crippen molar-refractivity contribution in [3.8, 4) is 11.4 Å². The Hall–Kier alpha value is -2.68. The maximum absolute atomic E-state index is 12.3. The standard InChI is InChI=1S/C15H17N3O6/c19-13(18-4-6-23-11(8-18)7-14(20)21)2-1-12-16-15(17-24-12)10-3-5-22-9-10/h3,5,9,11H,1-2,4,6-8H2,(H,20,21). The summed E-state index contributed by atoms with van der Waals surface area (Å²) in [6, 6.07) is 1.72. The van der Waals surface area contributed by atoms with Crippen molar-refractivity contribution in [2.75, 3.05) is 19.7 Å². The van der Waals surface area contributed by atoms with Crippen LogP contribution in [0.5, 0.6) is 0 Å². The molecule has 0 bridgehead atoms. The Morgan fingerprint density at radius 2 is 2.29 bits per heavy atom. The number of carbonyl (C=O) groups is 2. The molecule has 1 aliphatic rings. The first-order valence-corrected chi connectivity index (χ1v) is 7.58. The summed E-state index contributed by atoms with van der Waals surface area (Å²) in [4.78, 5) is 28.8. The van der Waals surface area contributed by atoms with Gasteiger partial charge in [0.1, 0.15) is 6.26 Å². The van der Waals surface area contributed by atoms with Gasteiger partial charge in [-0.15, -0.1) is 0 Å². The highest BCUT2D eigenvalue weighted by Crippen LogP contribution is 2.17. The average Bonchev–Trinajstić information content (AvgIpc) is 3.23. The number of carbonyl (C=O) groups excluding carboxylic acids is 1. The first-order valence-electron chi connectivity index (χ1n) is 7.58. The summed E-state index contributed by atoms with van der Waals surface area (Å²) in [5.74, 6) is -0.238. The Labute approximate surface area is 137 Å². The first kappa shape index (κ1) is 16.2. The second-order valence-electron chi connectivity index (χ2n) is 5.45. The van der Waals surface area contributed by atoms with Crippen LogP contribution in [0.25, 0.3) is 11.4 Å². The van der Waals surface area contributed by atoms with Gasteiger partial charge in [-0.05, 0) is 6.07 Å². The summed E-state index contributed by atoms with van der Waals surface area (Å²) < 4.78 is 15.4. The van der Waals surface area contributed by atoms with Gasteiger partial charge < -0.3 is 23.7 Å². The lowest BCUT2D eigenvalue weighted by Crippen LogP contribution is -2.46. The smallest absolute Gasteiger partial charge is 0.306 e.